The molecule has 0 aliphatic rings. The zero-order chi connectivity index (χ0) is 20.8. The molecule has 0 radical (unpaired) electrons. The number of amides is 1. The van der Waals surface area contributed by atoms with Gasteiger partial charge in [-0.05, 0) is 36.8 Å². The molecule has 0 aliphatic heterocycles. The van der Waals surface area contributed by atoms with Crippen LogP contribution in [0.4, 0.5) is 0 Å². The van der Waals surface area contributed by atoms with Crippen molar-refractivity contribution in [2.75, 3.05) is 13.6 Å². The van der Waals surface area contributed by atoms with Crippen molar-refractivity contribution >= 4 is 22.9 Å². The number of rotatable bonds is 7. The number of aromatic nitrogens is 3. The van der Waals surface area contributed by atoms with Gasteiger partial charge in [-0.3, -0.25) is 4.79 Å². The van der Waals surface area contributed by atoms with E-state index >= 15 is 0 Å². The van der Waals surface area contributed by atoms with Crippen LogP contribution in [0.5, 0.6) is 0 Å². The van der Waals surface area contributed by atoms with Gasteiger partial charge in [0.15, 0.2) is 6.10 Å². The van der Waals surface area contributed by atoms with Crippen LogP contribution >= 0.6 is 0 Å². The van der Waals surface area contributed by atoms with E-state index in [1.165, 1.54) is 11.8 Å². The first kappa shape index (κ1) is 20.0. The number of fused-ring (bicyclic) bond motifs is 1. The van der Waals surface area contributed by atoms with Crippen LogP contribution in [0, 0.1) is 11.3 Å². The Bertz CT molecular complexity index is 1050. The molecule has 0 aliphatic carbocycles. The molecule has 3 aromatic rings. The van der Waals surface area contributed by atoms with Crippen LogP contribution in [-0.4, -0.2) is 51.5 Å². The van der Waals surface area contributed by atoms with Crippen molar-refractivity contribution in [1.29, 1.82) is 5.26 Å². The first-order valence-electron chi connectivity index (χ1n) is 9.19. The first-order valence-corrected chi connectivity index (χ1v) is 9.19. The highest BCUT2D eigenvalue weighted by atomic mass is 16.5. The predicted molar refractivity (Wildman–Crippen MR) is 106 cm³/mol. The van der Waals surface area contributed by atoms with Gasteiger partial charge in [0, 0.05) is 13.6 Å². The van der Waals surface area contributed by atoms with Gasteiger partial charge in [-0.25, -0.2) is 9.48 Å². The Morgan fingerprint density at radius 2 is 1.93 bits per heavy atom. The van der Waals surface area contributed by atoms with Gasteiger partial charge in [-0.1, -0.05) is 29.5 Å². The lowest BCUT2D eigenvalue weighted by Crippen LogP contribution is -2.37. The molecule has 1 amide bonds. The maximum atomic E-state index is 12.3. The van der Waals surface area contributed by atoms with Gasteiger partial charge in [0.1, 0.15) is 5.52 Å². The second kappa shape index (κ2) is 8.97. The van der Waals surface area contributed by atoms with Crippen molar-refractivity contribution < 1.29 is 14.3 Å². The summed E-state index contributed by atoms with van der Waals surface area (Å²) in [6.45, 7) is 2.34. The fraction of sp³-hybridized carbons (Fsp3) is 0.286. The molecule has 8 nitrogen and oxygen atoms in total. The number of nitrogens with zero attached hydrogens (tertiary/aromatic N) is 5. The fourth-order valence-electron chi connectivity index (χ4n) is 2.87. The number of carbonyl (C=O) groups is 2. The molecular formula is C21H21N5O3. The Labute approximate surface area is 168 Å². The number of nitriles is 1. The molecule has 0 fully saturated rings. The van der Waals surface area contributed by atoms with E-state index in [1.54, 1.807) is 23.9 Å². The van der Waals surface area contributed by atoms with E-state index in [1.807, 2.05) is 42.5 Å². The van der Waals surface area contributed by atoms with E-state index in [0.29, 0.717) is 18.7 Å². The number of esters is 1. The van der Waals surface area contributed by atoms with E-state index in [-0.39, 0.29) is 12.3 Å². The summed E-state index contributed by atoms with van der Waals surface area (Å²) in [6, 6.07) is 16.6. The van der Waals surface area contributed by atoms with Gasteiger partial charge in [-0.15, -0.1) is 5.10 Å². The van der Waals surface area contributed by atoms with Crippen molar-refractivity contribution in [3.63, 3.8) is 0 Å². The lowest BCUT2D eigenvalue weighted by molar-refractivity contribution is -0.138. The fourth-order valence-corrected chi connectivity index (χ4v) is 2.87. The summed E-state index contributed by atoms with van der Waals surface area (Å²) >= 11 is 0. The van der Waals surface area contributed by atoms with Crippen molar-refractivity contribution in [3.8, 4) is 6.07 Å². The van der Waals surface area contributed by atoms with Crippen LogP contribution < -0.4 is 0 Å². The molecule has 1 atom stereocenters. The van der Waals surface area contributed by atoms with Crippen molar-refractivity contribution in [3.05, 3.63) is 59.7 Å². The van der Waals surface area contributed by atoms with E-state index in [2.05, 4.69) is 10.3 Å². The molecule has 1 heterocycles. The lowest BCUT2D eigenvalue weighted by atomic mass is 10.1. The second-order valence-electron chi connectivity index (χ2n) is 6.65. The summed E-state index contributed by atoms with van der Waals surface area (Å²) in [4.78, 5) is 25.9. The van der Waals surface area contributed by atoms with Crippen LogP contribution in [0.2, 0.25) is 0 Å². The molecule has 0 N–H and O–H groups in total. The van der Waals surface area contributed by atoms with E-state index in [9.17, 15) is 9.59 Å². The molecule has 29 heavy (non-hydrogen) atoms. The highest BCUT2D eigenvalue weighted by Gasteiger charge is 2.22. The van der Waals surface area contributed by atoms with E-state index in [0.717, 1.165) is 16.6 Å². The zero-order valence-corrected chi connectivity index (χ0v) is 16.3. The minimum atomic E-state index is -0.924. The quantitative estimate of drug-likeness (QED) is 0.573. The topological polar surface area (TPSA) is 101 Å². The smallest absolute Gasteiger partial charge is 0.338 e. The molecule has 0 spiro atoms. The molecule has 148 valence electrons. The largest absolute Gasteiger partial charge is 0.449 e. The number of para-hydroxylation sites is 1. The number of likely N-dealkylation sites (N-methyl/N-ethyl adjacent to an activating group) is 1. The summed E-state index contributed by atoms with van der Waals surface area (Å²) in [5.41, 5.74) is 3.07. The Hall–Kier alpha value is -3.73. The minimum absolute atomic E-state index is 0.228. The Morgan fingerprint density at radius 3 is 2.66 bits per heavy atom. The number of carbonyl (C=O) groups excluding carboxylic acids is 2. The van der Waals surface area contributed by atoms with Crippen LogP contribution in [0.3, 0.4) is 0 Å². The average molecular weight is 391 g/mol. The van der Waals surface area contributed by atoms with Gasteiger partial charge < -0.3 is 9.64 Å². The summed E-state index contributed by atoms with van der Waals surface area (Å²) in [7, 11) is 1.58. The molecular weight excluding hydrogens is 370 g/mol. The maximum Gasteiger partial charge on any atom is 0.338 e. The number of benzene rings is 2. The summed E-state index contributed by atoms with van der Waals surface area (Å²) < 4.78 is 7.05. The third-order valence-corrected chi connectivity index (χ3v) is 4.51. The van der Waals surface area contributed by atoms with Crippen LogP contribution in [-0.2, 0) is 16.1 Å². The Balaban J connectivity index is 1.61. The van der Waals surface area contributed by atoms with Gasteiger partial charge in [-0.2, -0.15) is 5.26 Å². The number of hydrogen-bond acceptors (Lipinski definition) is 6. The summed E-state index contributed by atoms with van der Waals surface area (Å²) in [5.74, 6) is -0.916. The SMILES string of the molecule is C[C@H](OC(=O)c1ccc(Cn2nnc3ccccc32)cc1)C(=O)N(C)CCC#N. The summed E-state index contributed by atoms with van der Waals surface area (Å²) in [6.07, 6.45) is -0.696. The third kappa shape index (κ3) is 4.76. The first-order chi connectivity index (χ1) is 14.0. The van der Waals surface area contributed by atoms with Crippen LogP contribution in [0.25, 0.3) is 11.0 Å². The van der Waals surface area contributed by atoms with Gasteiger partial charge in [0.25, 0.3) is 5.91 Å². The minimum Gasteiger partial charge on any atom is -0.449 e. The molecule has 8 heteroatoms. The normalized spacial score (nSPS) is 11.6. The third-order valence-electron chi connectivity index (χ3n) is 4.51. The highest BCUT2D eigenvalue weighted by molar-refractivity contribution is 5.92. The second-order valence-corrected chi connectivity index (χ2v) is 6.65. The Kier molecular flexibility index (Phi) is 6.19. The summed E-state index contributed by atoms with van der Waals surface area (Å²) in [5, 5.41) is 16.9. The molecule has 0 bridgehead atoms. The number of ether oxygens (including phenoxy) is 1. The van der Waals surface area contributed by atoms with Crippen molar-refractivity contribution in [2.24, 2.45) is 0 Å². The van der Waals surface area contributed by atoms with E-state index in [4.69, 9.17) is 10.00 Å². The maximum absolute atomic E-state index is 12.3. The molecule has 2 aromatic carbocycles. The highest BCUT2D eigenvalue weighted by Crippen LogP contribution is 2.14. The average Bonchev–Trinajstić information content (AvgIpc) is 3.14. The lowest BCUT2D eigenvalue weighted by Gasteiger charge is -2.20. The zero-order valence-electron chi connectivity index (χ0n) is 16.3. The molecule has 0 unspecified atom stereocenters. The van der Waals surface area contributed by atoms with Gasteiger partial charge in [0.2, 0.25) is 0 Å². The molecule has 0 saturated carbocycles. The van der Waals surface area contributed by atoms with Crippen LogP contribution in [0.1, 0.15) is 29.3 Å². The van der Waals surface area contributed by atoms with Crippen molar-refractivity contribution in [2.45, 2.75) is 26.0 Å². The number of hydrogen-bond donors (Lipinski definition) is 0. The molecule has 0 saturated heterocycles. The van der Waals surface area contributed by atoms with Crippen molar-refractivity contribution in [1.82, 2.24) is 19.9 Å². The molecule has 1 aromatic heterocycles. The van der Waals surface area contributed by atoms with E-state index < -0.39 is 12.1 Å². The van der Waals surface area contributed by atoms with Crippen LogP contribution in [0.15, 0.2) is 48.5 Å². The monoisotopic (exact) mass is 391 g/mol. The van der Waals surface area contributed by atoms with Gasteiger partial charge in [0.05, 0.1) is 30.1 Å². The molecule has 3 rings (SSSR count). The van der Waals surface area contributed by atoms with Gasteiger partial charge >= 0.3 is 5.97 Å². The predicted octanol–water partition coefficient (Wildman–Crippen LogP) is 2.40. The Morgan fingerprint density at radius 1 is 1.21 bits per heavy atom. The standard InChI is InChI=1S/C21H21N5O3/c1-15(20(27)25(2)13-5-12-22)29-21(28)17-10-8-16(9-11-17)14-26-19-7-4-3-6-18(19)23-24-26/h3-4,6-11,15H,5,13-14H2,1-2H3/t15-/m0/s1.